The maximum atomic E-state index is 14.6. The molecule has 1 saturated carbocycles. The predicted molar refractivity (Wildman–Crippen MR) is 164 cm³/mol. The highest BCUT2D eigenvalue weighted by atomic mass is 19.1. The van der Waals surface area contributed by atoms with Crippen molar-refractivity contribution in [1.29, 1.82) is 0 Å². The highest BCUT2D eigenvalue weighted by Crippen LogP contribution is 2.31. The Kier molecular flexibility index (Phi) is 9.16. The molecular weight excluding hydrogens is 517 g/mol. The Labute approximate surface area is 242 Å². The number of hydrogen-bond acceptors (Lipinski definition) is 6. The van der Waals surface area contributed by atoms with Crippen molar-refractivity contribution in [2.75, 3.05) is 56.2 Å². The molecule has 1 aromatic carbocycles. The van der Waals surface area contributed by atoms with Crippen LogP contribution in [-0.2, 0) is 4.74 Å². The van der Waals surface area contributed by atoms with Gasteiger partial charge in [-0.25, -0.2) is 9.37 Å². The van der Waals surface area contributed by atoms with Crippen LogP contribution in [0.2, 0.25) is 0 Å². The molecule has 0 spiro atoms. The first-order chi connectivity index (χ1) is 20.1. The molecule has 220 valence electrons. The summed E-state index contributed by atoms with van der Waals surface area (Å²) >= 11 is 0. The lowest BCUT2D eigenvalue weighted by atomic mass is 9.92. The number of fused-ring (bicyclic) bond motifs is 1. The summed E-state index contributed by atoms with van der Waals surface area (Å²) in [4.78, 5) is 22.5. The number of rotatable bonds is 8. The van der Waals surface area contributed by atoms with Gasteiger partial charge in [-0.2, -0.15) is 0 Å². The number of nitrogens with one attached hydrogen (secondary N) is 1. The molecule has 0 bridgehead atoms. The molecule has 3 aliphatic rings. The number of benzene rings is 1. The normalized spacial score (nSPS) is 19.9. The average molecular weight is 562 g/mol. The number of halogens is 1. The Balaban J connectivity index is 1.07. The van der Waals surface area contributed by atoms with Gasteiger partial charge < -0.3 is 19.5 Å². The summed E-state index contributed by atoms with van der Waals surface area (Å²) < 4.78 is 21.7. The van der Waals surface area contributed by atoms with Crippen LogP contribution in [0.5, 0.6) is 0 Å². The van der Waals surface area contributed by atoms with Gasteiger partial charge in [0, 0.05) is 61.2 Å². The summed E-state index contributed by atoms with van der Waals surface area (Å²) in [5.41, 5.74) is 2.44. The van der Waals surface area contributed by atoms with Gasteiger partial charge in [0.1, 0.15) is 5.82 Å². The third kappa shape index (κ3) is 6.92. The highest BCUT2D eigenvalue weighted by molar-refractivity contribution is 5.81. The van der Waals surface area contributed by atoms with Crippen LogP contribution in [0, 0.1) is 11.7 Å². The minimum Gasteiger partial charge on any atom is -0.379 e. The van der Waals surface area contributed by atoms with Crippen molar-refractivity contribution in [3.8, 4) is 0 Å². The lowest BCUT2D eigenvalue weighted by Crippen LogP contribution is -2.37. The molecule has 0 atom stereocenters. The molecule has 0 amide bonds. The first-order valence-electron chi connectivity index (χ1n) is 15.8. The second-order valence-corrected chi connectivity index (χ2v) is 12.1. The molecule has 3 aromatic rings. The van der Waals surface area contributed by atoms with Crippen molar-refractivity contribution in [2.24, 2.45) is 5.92 Å². The molecule has 6 rings (SSSR count). The molecule has 2 saturated heterocycles. The lowest BCUT2D eigenvalue weighted by molar-refractivity contribution is 0.0365. The molecule has 1 N–H and O–H groups in total. The van der Waals surface area contributed by atoms with E-state index in [1.54, 1.807) is 10.8 Å². The van der Waals surface area contributed by atoms with Gasteiger partial charge in [-0.05, 0) is 81.3 Å². The van der Waals surface area contributed by atoms with Gasteiger partial charge in [0.15, 0.2) is 5.82 Å². The molecule has 41 heavy (non-hydrogen) atoms. The number of piperidine rings is 1. The first kappa shape index (κ1) is 28.2. The Hall–Kier alpha value is -2.97. The van der Waals surface area contributed by atoms with Crippen LogP contribution >= 0.6 is 0 Å². The zero-order valence-corrected chi connectivity index (χ0v) is 24.2. The predicted octanol–water partition coefficient (Wildman–Crippen LogP) is 6.50. The standard InChI is InChI=1S/C33H44FN5O2/c34-30-22-26-24-35-32(23-31(26)39(33(30)40)29-7-3-1-2-4-8-29)36-27-9-11-28(12-10-27)38-16-13-25(14-17-38)6-5-15-37-18-20-41-21-19-37/h9-12,22-25,29H,1-8,13-21H2,(H,35,36). The zero-order chi connectivity index (χ0) is 28.0. The van der Waals surface area contributed by atoms with E-state index in [4.69, 9.17) is 4.74 Å². The van der Waals surface area contributed by atoms with E-state index in [0.29, 0.717) is 11.2 Å². The van der Waals surface area contributed by atoms with E-state index in [-0.39, 0.29) is 6.04 Å². The van der Waals surface area contributed by atoms with Gasteiger partial charge >= 0.3 is 0 Å². The van der Waals surface area contributed by atoms with Crippen LogP contribution in [0.3, 0.4) is 0 Å². The molecular formula is C33H44FN5O2. The lowest BCUT2D eigenvalue weighted by Gasteiger charge is -2.34. The van der Waals surface area contributed by atoms with Crippen LogP contribution in [0.15, 0.2) is 47.4 Å². The number of nitrogens with zero attached hydrogens (tertiary/aromatic N) is 4. The fourth-order valence-electron chi connectivity index (χ4n) is 6.96. The number of aromatic nitrogens is 2. The quantitative estimate of drug-likeness (QED) is 0.317. The van der Waals surface area contributed by atoms with Gasteiger partial charge in [0.05, 0.1) is 18.7 Å². The maximum absolute atomic E-state index is 14.6. The molecule has 2 aliphatic heterocycles. The summed E-state index contributed by atoms with van der Waals surface area (Å²) in [5.74, 6) is 0.796. The molecule has 1 aliphatic carbocycles. The molecule has 2 aromatic heterocycles. The monoisotopic (exact) mass is 561 g/mol. The van der Waals surface area contributed by atoms with Crippen LogP contribution in [0.1, 0.15) is 70.3 Å². The van der Waals surface area contributed by atoms with E-state index in [0.717, 1.165) is 82.2 Å². The Morgan fingerprint density at radius 2 is 1.66 bits per heavy atom. The van der Waals surface area contributed by atoms with Gasteiger partial charge in [-0.15, -0.1) is 0 Å². The Morgan fingerprint density at radius 3 is 2.39 bits per heavy atom. The number of ether oxygens (including phenoxy) is 1. The molecule has 8 heteroatoms. The highest BCUT2D eigenvalue weighted by Gasteiger charge is 2.22. The second kappa shape index (κ2) is 13.3. The number of hydrogen-bond donors (Lipinski definition) is 1. The minimum atomic E-state index is -0.697. The molecule has 7 nitrogen and oxygen atoms in total. The smallest absolute Gasteiger partial charge is 0.287 e. The van der Waals surface area contributed by atoms with Crippen molar-refractivity contribution < 1.29 is 9.13 Å². The maximum Gasteiger partial charge on any atom is 0.287 e. The van der Waals surface area contributed by atoms with Crippen molar-refractivity contribution in [1.82, 2.24) is 14.5 Å². The van der Waals surface area contributed by atoms with Crippen LogP contribution in [0.25, 0.3) is 10.9 Å². The van der Waals surface area contributed by atoms with Crippen molar-refractivity contribution in [3.63, 3.8) is 0 Å². The van der Waals surface area contributed by atoms with Gasteiger partial charge in [0.25, 0.3) is 5.56 Å². The van der Waals surface area contributed by atoms with E-state index >= 15 is 0 Å². The van der Waals surface area contributed by atoms with E-state index in [1.165, 1.54) is 56.8 Å². The summed E-state index contributed by atoms with van der Waals surface area (Å²) in [6.07, 6.45) is 13.1. The zero-order valence-electron chi connectivity index (χ0n) is 24.2. The van der Waals surface area contributed by atoms with Crippen molar-refractivity contribution in [2.45, 2.75) is 70.3 Å². The third-order valence-electron chi connectivity index (χ3n) is 9.38. The summed E-state index contributed by atoms with van der Waals surface area (Å²) in [5, 5.41) is 4.07. The summed E-state index contributed by atoms with van der Waals surface area (Å²) in [6, 6.07) is 11.8. The van der Waals surface area contributed by atoms with Gasteiger partial charge in [-0.1, -0.05) is 25.7 Å². The van der Waals surface area contributed by atoms with Gasteiger partial charge in [-0.3, -0.25) is 9.69 Å². The Bertz CT molecular complexity index is 1340. The summed E-state index contributed by atoms with van der Waals surface area (Å²) in [6.45, 7) is 7.36. The SMILES string of the molecule is O=c1c(F)cc2cnc(Nc3ccc(N4CCC(CCCN5CCOCC5)CC4)cc3)cc2n1C1CCCCCC1. The minimum absolute atomic E-state index is 0.0339. The molecule has 0 radical (unpaired) electrons. The first-order valence-corrected chi connectivity index (χ1v) is 15.8. The average Bonchev–Trinajstić information content (AvgIpc) is 3.29. The Morgan fingerprint density at radius 1 is 0.927 bits per heavy atom. The fourth-order valence-corrected chi connectivity index (χ4v) is 6.96. The van der Waals surface area contributed by atoms with Crippen LogP contribution in [-0.4, -0.2) is 60.4 Å². The topological polar surface area (TPSA) is 62.6 Å². The molecule has 3 fully saturated rings. The second-order valence-electron chi connectivity index (χ2n) is 12.1. The van der Waals surface area contributed by atoms with Crippen molar-refractivity contribution in [3.05, 3.63) is 58.8 Å². The van der Waals surface area contributed by atoms with Crippen LogP contribution in [0.4, 0.5) is 21.6 Å². The molecule has 0 unspecified atom stereocenters. The van der Waals surface area contributed by atoms with Crippen LogP contribution < -0.4 is 15.8 Å². The van der Waals surface area contributed by atoms with E-state index in [1.807, 2.05) is 6.07 Å². The number of morpholine rings is 1. The largest absolute Gasteiger partial charge is 0.379 e. The van der Waals surface area contributed by atoms with Gasteiger partial charge in [0.2, 0.25) is 0 Å². The molecule has 4 heterocycles. The van der Waals surface area contributed by atoms with Crippen molar-refractivity contribution >= 4 is 28.1 Å². The van der Waals surface area contributed by atoms with E-state index in [9.17, 15) is 9.18 Å². The fraction of sp³-hybridized carbons (Fsp3) is 0.576. The third-order valence-corrected chi connectivity index (χ3v) is 9.38. The summed E-state index contributed by atoms with van der Waals surface area (Å²) in [7, 11) is 0. The number of anilines is 3. The van der Waals surface area contributed by atoms with E-state index in [2.05, 4.69) is 44.4 Å². The number of pyridine rings is 2. The van der Waals surface area contributed by atoms with E-state index < -0.39 is 11.4 Å².